The van der Waals surface area contributed by atoms with Gasteiger partial charge in [-0.05, 0) is 42.8 Å². The minimum absolute atomic E-state index is 0.000992. The number of hydrogen-bond donors (Lipinski definition) is 1. The molecule has 0 spiro atoms. The van der Waals surface area contributed by atoms with Crippen molar-refractivity contribution in [2.75, 3.05) is 6.26 Å². The van der Waals surface area contributed by atoms with E-state index in [-0.39, 0.29) is 39.3 Å². The van der Waals surface area contributed by atoms with E-state index in [1.54, 1.807) is 12.1 Å². The SMILES string of the molecule is Cc1c(C(N)=O)c(-c2ccc(S(C)(=O)=O)c(F)c2)n(-c2cccnc2)c1-c1ccccc1C(F)(F)F. The van der Waals surface area contributed by atoms with Crippen molar-refractivity contribution >= 4 is 15.7 Å². The molecule has 1 amide bonds. The molecule has 0 atom stereocenters. The summed E-state index contributed by atoms with van der Waals surface area (Å²) in [6.45, 7) is 1.44. The van der Waals surface area contributed by atoms with Gasteiger partial charge in [-0.15, -0.1) is 0 Å². The van der Waals surface area contributed by atoms with Gasteiger partial charge in [0.15, 0.2) is 9.84 Å². The van der Waals surface area contributed by atoms with Gasteiger partial charge in [0.05, 0.1) is 34.4 Å². The molecule has 0 aliphatic carbocycles. The van der Waals surface area contributed by atoms with E-state index >= 15 is 0 Å². The Bertz CT molecular complexity index is 1600. The van der Waals surface area contributed by atoms with Crippen molar-refractivity contribution in [3.63, 3.8) is 0 Å². The van der Waals surface area contributed by atoms with Crippen molar-refractivity contribution in [1.82, 2.24) is 9.55 Å². The predicted octanol–water partition coefficient (Wildman–Crippen LogP) is 5.18. The lowest BCUT2D eigenvalue weighted by Gasteiger charge is -2.18. The molecule has 2 heterocycles. The number of hydrogen-bond acceptors (Lipinski definition) is 4. The van der Waals surface area contributed by atoms with Gasteiger partial charge in [-0.25, -0.2) is 12.8 Å². The zero-order chi connectivity index (χ0) is 26.4. The number of carbonyl (C=O) groups is 1. The summed E-state index contributed by atoms with van der Waals surface area (Å²) in [5.74, 6) is -2.04. The van der Waals surface area contributed by atoms with Crippen LogP contribution in [-0.2, 0) is 16.0 Å². The average Bonchev–Trinajstić information content (AvgIpc) is 3.11. The van der Waals surface area contributed by atoms with E-state index in [0.717, 1.165) is 24.5 Å². The number of primary amides is 1. The molecule has 6 nitrogen and oxygen atoms in total. The average molecular weight is 518 g/mol. The van der Waals surface area contributed by atoms with Crippen LogP contribution in [0.2, 0.25) is 0 Å². The van der Waals surface area contributed by atoms with Crippen molar-refractivity contribution in [3.8, 4) is 28.2 Å². The third kappa shape index (κ3) is 4.37. The van der Waals surface area contributed by atoms with Crippen LogP contribution in [0, 0.1) is 12.7 Å². The molecule has 0 bridgehead atoms. The normalized spacial score (nSPS) is 12.1. The van der Waals surface area contributed by atoms with E-state index < -0.39 is 38.2 Å². The monoisotopic (exact) mass is 517 g/mol. The van der Waals surface area contributed by atoms with Gasteiger partial charge >= 0.3 is 6.18 Å². The molecule has 36 heavy (non-hydrogen) atoms. The molecule has 0 unspecified atom stereocenters. The number of pyridine rings is 1. The summed E-state index contributed by atoms with van der Waals surface area (Å²) < 4.78 is 82.0. The third-order valence-electron chi connectivity index (χ3n) is 5.66. The second kappa shape index (κ2) is 8.90. The van der Waals surface area contributed by atoms with Crippen LogP contribution in [0.1, 0.15) is 21.5 Å². The largest absolute Gasteiger partial charge is 0.417 e. The molecule has 0 aliphatic rings. The van der Waals surface area contributed by atoms with Gasteiger partial charge in [0, 0.05) is 23.6 Å². The molecule has 4 rings (SSSR count). The number of rotatable bonds is 5. The van der Waals surface area contributed by atoms with Crippen molar-refractivity contribution in [2.24, 2.45) is 5.73 Å². The van der Waals surface area contributed by atoms with Crippen LogP contribution in [-0.4, -0.2) is 30.1 Å². The molecule has 4 aromatic rings. The van der Waals surface area contributed by atoms with Crippen molar-refractivity contribution in [2.45, 2.75) is 18.0 Å². The number of sulfone groups is 1. The minimum atomic E-state index is -4.72. The summed E-state index contributed by atoms with van der Waals surface area (Å²) in [5, 5.41) is 0. The predicted molar refractivity (Wildman–Crippen MR) is 126 cm³/mol. The Morgan fingerprint density at radius 1 is 1.03 bits per heavy atom. The number of amides is 1. The Hall–Kier alpha value is -3.99. The summed E-state index contributed by atoms with van der Waals surface area (Å²) in [4.78, 5) is 16.1. The van der Waals surface area contributed by atoms with E-state index in [9.17, 15) is 30.8 Å². The molecule has 2 N–H and O–H groups in total. The number of nitrogens with two attached hydrogens (primary N) is 1. The van der Waals surface area contributed by atoms with Crippen LogP contribution >= 0.6 is 0 Å². The third-order valence-corrected chi connectivity index (χ3v) is 6.79. The van der Waals surface area contributed by atoms with Gasteiger partial charge in [-0.3, -0.25) is 9.78 Å². The van der Waals surface area contributed by atoms with Gasteiger partial charge in [-0.1, -0.05) is 24.3 Å². The van der Waals surface area contributed by atoms with Gasteiger partial charge in [0.1, 0.15) is 10.7 Å². The number of halogens is 4. The van der Waals surface area contributed by atoms with Crippen LogP contribution in [0.15, 0.2) is 71.9 Å². The van der Waals surface area contributed by atoms with Gasteiger partial charge in [0.2, 0.25) is 0 Å². The topological polar surface area (TPSA) is 95.0 Å². The number of alkyl halides is 3. The van der Waals surface area contributed by atoms with Crippen LogP contribution in [0.4, 0.5) is 17.6 Å². The Kier molecular flexibility index (Phi) is 6.21. The maximum Gasteiger partial charge on any atom is 0.417 e. The van der Waals surface area contributed by atoms with E-state index in [1.807, 2.05) is 0 Å². The highest BCUT2D eigenvalue weighted by atomic mass is 32.2. The van der Waals surface area contributed by atoms with E-state index in [1.165, 1.54) is 48.1 Å². The number of nitrogens with zero attached hydrogens (tertiary/aromatic N) is 2. The molecule has 0 saturated heterocycles. The van der Waals surface area contributed by atoms with Crippen LogP contribution in [0.5, 0.6) is 0 Å². The second-order valence-corrected chi connectivity index (χ2v) is 10.1. The summed E-state index contributed by atoms with van der Waals surface area (Å²) >= 11 is 0. The van der Waals surface area contributed by atoms with Crippen molar-refractivity contribution in [3.05, 3.63) is 89.5 Å². The fourth-order valence-corrected chi connectivity index (χ4v) is 4.94. The van der Waals surface area contributed by atoms with Gasteiger partial charge in [0.25, 0.3) is 5.91 Å². The molecule has 0 saturated carbocycles. The van der Waals surface area contributed by atoms with Crippen LogP contribution in [0.3, 0.4) is 0 Å². The smallest absolute Gasteiger partial charge is 0.366 e. The quantitative estimate of drug-likeness (QED) is 0.369. The number of aromatic nitrogens is 2. The van der Waals surface area contributed by atoms with Crippen LogP contribution in [0.25, 0.3) is 28.2 Å². The first-order valence-corrected chi connectivity index (χ1v) is 12.3. The van der Waals surface area contributed by atoms with E-state index in [4.69, 9.17) is 5.73 Å². The Balaban J connectivity index is 2.19. The molecule has 186 valence electrons. The zero-order valence-corrected chi connectivity index (χ0v) is 19.8. The maximum atomic E-state index is 14.9. The first-order valence-electron chi connectivity index (χ1n) is 10.4. The first-order chi connectivity index (χ1) is 16.8. The molecule has 0 fully saturated rings. The Morgan fingerprint density at radius 2 is 1.72 bits per heavy atom. The molecule has 2 aromatic heterocycles. The Labute approximate surface area is 203 Å². The summed E-state index contributed by atoms with van der Waals surface area (Å²) in [7, 11) is -3.90. The second-order valence-electron chi connectivity index (χ2n) is 8.07. The molecular formula is C25H19F4N3O3S. The summed E-state index contributed by atoms with van der Waals surface area (Å²) in [5.41, 5.74) is 4.81. The molecule has 2 aromatic carbocycles. The highest BCUT2D eigenvalue weighted by Crippen LogP contribution is 2.44. The minimum Gasteiger partial charge on any atom is -0.366 e. The summed E-state index contributed by atoms with van der Waals surface area (Å²) in [6.07, 6.45) is -1.05. The lowest BCUT2D eigenvalue weighted by Crippen LogP contribution is -2.13. The molecule has 0 aliphatic heterocycles. The van der Waals surface area contributed by atoms with Gasteiger partial charge in [-0.2, -0.15) is 13.2 Å². The lowest BCUT2D eigenvalue weighted by molar-refractivity contribution is -0.137. The van der Waals surface area contributed by atoms with E-state index in [0.29, 0.717) is 0 Å². The maximum absolute atomic E-state index is 14.9. The summed E-state index contributed by atoms with van der Waals surface area (Å²) in [6, 6.07) is 11.2. The van der Waals surface area contributed by atoms with Crippen molar-refractivity contribution < 1.29 is 30.8 Å². The fraction of sp³-hybridized carbons (Fsp3) is 0.120. The highest BCUT2D eigenvalue weighted by molar-refractivity contribution is 7.90. The number of carbonyl (C=O) groups excluding carboxylic acids is 1. The Morgan fingerprint density at radius 3 is 2.28 bits per heavy atom. The highest BCUT2D eigenvalue weighted by Gasteiger charge is 2.36. The number of benzene rings is 2. The molecule has 0 radical (unpaired) electrons. The zero-order valence-electron chi connectivity index (χ0n) is 19.0. The fourth-order valence-electron chi connectivity index (χ4n) is 4.21. The lowest BCUT2D eigenvalue weighted by atomic mass is 9.99. The standard InChI is InChI=1S/C25H19F4N3O3S/c1-14-21(24(30)33)23(15-9-10-20(19(26)12-15)36(2,34)35)32(16-6-5-11-31-13-16)22(14)17-7-3-4-8-18(17)25(27,28)29/h3-13H,1-2H3,(H2,30,33). The van der Waals surface area contributed by atoms with Gasteiger partial charge < -0.3 is 10.3 Å². The van der Waals surface area contributed by atoms with E-state index in [2.05, 4.69) is 4.98 Å². The first kappa shape index (κ1) is 25.1. The van der Waals surface area contributed by atoms with Crippen molar-refractivity contribution in [1.29, 1.82) is 0 Å². The molecular weight excluding hydrogens is 498 g/mol. The molecule has 11 heteroatoms. The van der Waals surface area contributed by atoms with Crippen LogP contribution < -0.4 is 5.73 Å².